The van der Waals surface area contributed by atoms with Crippen LogP contribution in [0.25, 0.3) is 0 Å². The maximum Gasteiger partial charge on any atom is 0.0950 e. The van der Waals surface area contributed by atoms with Crippen LogP contribution in [0.5, 0.6) is 0 Å². The third-order valence-corrected chi connectivity index (χ3v) is 4.88. The standard InChI is InChI=1S/C12H19ClN2S/c1-14-9-3-5-10(6-4-9)15(2)12-8-7-11(13)16-12/h7-10,14H,3-6H2,1-2H3. The largest absolute Gasteiger partial charge is 0.363 e. The topological polar surface area (TPSA) is 15.3 Å². The molecule has 1 saturated carbocycles. The summed E-state index contributed by atoms with van der Waals surface area (Å²) in [5, 5.41) is 4.66. The summed E-state index contributed by atoms with van der Waals surface area (Å²) >= 11 is 7.64. The zero-order chi connectivity index (χ0) is 11.5. The summed E-state index contributed by atoms with van der Waals surface area (Å²) < 4.78 is 0.880. The van der Waals surface area contributed by atoms with Crippen LogP contribution in [0.3, 0.4) is 0 Å². The Balaban J connectivity index is 1.93. The van der Waals surface area contributed by atoms with E-state index >= 15 is 0 Å². The van der Waals surface area contributed by atoms with Crippen molar-refractivity contribution in [2.45, 2.75) is 37.8 Å². The van der Waals surface area contributed by atoms with E-state index in [1.165, 1.54) is 30.7 Å². The molecule has 1 N–H and O–H groups in total. The zero-order valence-corrected chi connectivity index (χ0v) is 11.4. The first kappa shape index (κ1) is 12.2. The number of nitrogens with zero attached hydrogens (tertiary/aromatic N) is 1. The fraction of sp³-hybridized carbons (Fsp3) is 0.667. The maximum absolute atomic E-state index is 5.97. The molecule has 0 bridgehead atoms. The lowest BCUT2D eigenvalue weighted by molar-refractivity contribution is 0.352. The fourth-order valence-electron chi connectivity index (χ4n) is 2.43. The maximum atomic E-state index is 5.97. The number of halogens is 1. The van der Waals surface area contributed by atoms with Crippen molar-refractivity contribution in [2.75, 3.05) is 19.0 Å². The molecule has 16 heavy (non-hydrogen) atoms. The van der Waals surface area contributed by atoms with Crippen LogP contribution in [0.15, 0.2) is 12.1 Å². The van der Waals surface area contributed by atoms with E-state index in [9.17, 15) is 0 Å². The SMILES string of the molecule is CNC1CCC(N(C)c2ccc(Cl)s2)CC1. The van der Waals surface area contributed by atoms with Gasteiger partial charge in [-0.3, -0.25) is 0 Å². The summed E-state index contributed by atoms with van der Waals surface area (Å²) in [6.07, 6.45) is 5.12. The molecule has 0 amide bonds. The van der Waals surface area contributed by atoms with Crippen LogP contribution in [0.4, 0.5) is 5.00 Å². The van der Waals surface area contributed by atoms with Gasteiger partial charge < -0.3 is 10.2 Å². The summed E-state index contributed by atoms with van der Waals surface area (Å²) in [5.74, 6) is 0. The molecule has 0 atom stereocenters. The normalized spacial score (nSPS) is 25.7. The molecule has 0 saturated heterocycles. The number of hydrogen-bond acceptors (Lipinski definition) is 3. The Morgan fingerprint density at radius 2 is 2.00 bits per heavy atom. The predicted molar refractivity (Wildman–Crippen MR) is 72.8 cm³/mol. The van der Waals surface area contributed by atoms with Gasteiger partial charge in [-0.2, -0.15) is 0 Å². The molecule has 90 valence electrons. The van der Waals surface area contributed by atoms with Crippen molar-refractivity contribution in [3.8, 4) is 0 Å². The molecular formula is C12H19ClN2S. The fourth-order valence-corrected chi connectivity index (χ4v) is 3.49. The van der Waals surface area contributed by atoms with Crippen molar-refractivity contribution in [1.82, 2.24) is 5.32 Å². The highest BCUT2D eigenvalue weighted by Crippen LogP contribution is 2.33. The lowest BCUT2D eigenvalue weighted by Crippen LogP contribution is -2.39. The second-order valence-electron chi connectivity index (χ2n) is 4.48. The van der Waals surface area contributed by atoms with Gasteiger partial charge in [0.25, 0.3) is 0 Å². The van der Waals surface area contributed by atoms with E-state index in [1.54, 1.807) is 11.3 Å². The van der Waals surface area contributed by atoms with Crippen LogP contribution in [-0.4, -0.2) is 26.2 Å². The molecule has 0 unspecified atom stereocenters. The average Bonchev–Trinajstić information content (AvgIpc) is 2.75. The molecule has 2 nitrogen and oxygen atoms in total. The van der Waals surface area contributed by atoms with Crippen LogP contribution in [0.2, 0.25) is 4.34 Å². The lowest BCUT2D eigenvalue weighted by atomic mass is 9.90. The van der Waals surface area contributed by atoms with E-state index in [2.05, 4.69) is 30.4 Å². The average molecular weight is 259 g/mol. The highest BCUT2D eigenvalue weighted by molar-refractivity contribution is 7.19. The Kier molecular flexibility index (Phi) is 4.11. The van der Waals surface area contributed by atoms with Gasteiger partial charge >= 0.3 is 0 Å². The van der Waals surface area contributed by atoms with E-state index in [-0.39, 0.29) is 0 Å². The molecule has 1 fully saturated rings. The van der Waals surface area contributed by atoms with Crippen molar-refractivity contribution >= 4 is 27.9 Å². The van der Waals surface area contributed by atoms with Gasteiger partial charge in [0.15, 0.2) is 0 Å². The van der Waals surface area contributed by atoms with Crippen LogP contribution < -0.4 is 10.2 Å². The molecule has 2 rings (SSSR count). The molecule has 1 aliphatic carbocycles. The van der Waals surface area contributed by atoms with Crippen molar-refractivity contribution < 1.29 is 0 Å². The molecule has 1 aliphatic rings. The molecular weight excluding hydrogens is 240 g/mol. The Morgan fingerprint density at radius 3 is 2.50 bits per heavy atom. The van der Waals surface area contributed by atoms with Gasteiger partial charge in [0.1, 0.15) is 0 Å². The number of rotatable bonds is 3. The van der Waals surface area contributed by atoms with Crippen LogP contribution in [-0.2, 0) is 0 Å². The van der Waals surface area contributed by atoms with Crippen LogP contribution in [0.1, 0.15) is 25.7 Å². The van der Waals surface area contributed by atoms with Crippen LogP contribution in [0, 0.1) is 0 Å². The van der Waals surface area contributed by atoms with Crippen LogP contribution >= 0.6 is 22.9 Å². The number of thiophene rings is 1. The van der Waals surface area contributed by atoms with Crippen molar-refractivity contribution in [3.63, 3.8) is 0 Å². The van der Waals surface area contributed by atoms with E-state index < -0.39 is 0 Å². The first-order chi connectivity index (χ1) is 7.70. The smallest absolute Gasteiger partial charge is 0.0950 e. The van der Waals surface area contributed by atoms with Crippen molar-refractivity contribution in [2.24, 2.45) is 0 Å². The van der Waals surface area contributed by atoms with Crippen molar-refractivity contribution in [1.29, 1.82) is 0 Å². The van der Waals surface area contributed by atoms with E-state index in [0.29, 0.717) is 6.04 Å². The van der Waals surface area contributed by atoms with Gasteiger partial charge in [0, 0.05) is 19.1 Å². The minimum atomic E-state index is 0.680. The lowest BCUT2D eigenvalue weighted by Gasteiger charge is -2.35. The second-order valence-corrected chi connectivity index (χ2v) is 6.18. The number of anilines is 1. The Morgan fingerprint density at radius 1 is 1.31 bits per heavy atom. The molecule has 1 aromatic heterocycles. The molecule has 1 aromatic rings. The Labute approximate surface area is 107 Å². The van der Waals surface area contributed by atoms with Gasteiger partial charge in [-0.25, -0.2) is 0 Å². The molecule has 4 heteroatoms. The van der Waals surface area contributed by atoms with Gasteiger partial charge in [-0.1, -0.05) is 11.6 Å². The minimum absolute atomic E-state index is 0.680. The number of hydrogen-bond donors (Lipinski definition) is 1. The third-order valence-electron chi connectivity index (χ3n) is 3.56. The molecule has 0 aromatic carbocycles. The summed E-state index contributed by atoms with van der Waals surface area (Å²) in [6.45, 7) is 0. The first-order valence-corrected chi connectivity index (χ1v) is 7.05. The monoisotopic (exact) mass is 258 g/mol. The highest BCUT2D eigenvalue weighted by atomic mass is 35.5. The second kappa shape index (κ2) is 5.39. The molecule has 1 heterocycles. The Hall–Kier alpha value is -0.250. The first-order valence-electron chi connectivity index (χ1n) is 5.86. The highest BCUT2D eigenvalue weighted by Gasteiger charge is 2.23. The third kappa shape index (κ3) is 2.70. The predicted octanol–water partition coefficient (Wildman–Crippen LogP) is 3.37. The van der Waals surface area contributed by atoms with Gasteiger partial charge in [-0.05, 0) is 44.9 Å². The Bertz CT molecular complexity index is 332. The quantitative estimate of drug-likeness (QED) is 0.894. The molecule has 0 aliphatic heterocycles. The van der Waals surface area contributed by atoms with E-state index in [0.717, 1.165) is 10.4 Å². The zero-order valence-electron chi connectivity index (χ0n) is 9.87. The summed E-state index contributed by atoms with van der Waals surface area (Å²) in [6, 6.07) is 5.50. The van der Waals surface area contributed by atoms with Gasteiger partial charge in [0.2, 0.25) is 0 Å². The van der Waals surface area contributed by atoms with Gasteiger partial charge in [-0.15, -0.1) is 11.3 Å². The summed E-state index contributed by atoms with van der Waals surface area (Å²) in [5.41, 5.74) is 0. The summed E-state index contributed by atoms with van der Waals surface area (Å²) in [4.78, 5) is 2.39. The molecule has 0 radical (unpaired) electrons. The van der Waals surface area contributed by atoms with Crippen molar-refractivity contribution in [3.05, 3.63) is 16.5 Å². The van der Waals surface area contributed by atoms with E-state index in [4.69, 9.17) is 11.6 Å². The minimum Gasteiger partial charge on any atom is -0.363 e. The summed E-state index contributed by atoms with van der Waals surface area (Å²) in [7, 11) is 4.25. The van der Waals surface area contributed by atoms with E-state index in [1.807, 2.05) is 6.07 Å². The molecule has 0 spiro atoms. The van der Waals surface area contributed by atoms with Gasteiger partial charge in [0.05, 0.1) is 9.34 Å². The number of nitrogens with one attached hydrogen (secondary N) is 1.